The van der Waals surface area contributed by atoms with E-state index in [1.807, 2.05) is 0 Å². The fourth-order valence-corrected chi connectivity index (χ4v) is 4.04. The molecule has 0 aromatic heterocycles. The first-order chi connectivity index (χ1) is 12.2. The number of amides is 1. The predicted octanol–water partition coefficient (Wildman–Crippen LogP) is 2.68. The van der Waals surface area contributed by atoms with E-state index in [1.165, 1.54) is 24.8 Å². The summed E-state index contributed by atoms with van der Waals surface area (Å²) < 4.78 is 0. The van der Waals surface area contributed by atoms with Crippen LogP contribution in [-0.2, 0) is 11.2 Å². The van der Waals surface area contributed by atoms with Crippen LogP contribution in [0.5, 0.6) is 0 Å². The third kappa shape index (κ3) is 5.55. The van der Waals surface area contributed by atoms with E-state index < -0.39 is 0 Å². The molecule has 138 valence electrons. The quantitative estimate of drug-likeness (QED) is 0.863. The Morgan fingerprint density at radius 1 is 1.08 bits per heavy atom. The fraction of sp³-hybridized carbons (Fsp3) is 0.667. The van der Waals surface area contributed by atoms with Crippen molar-refractivity contribution in [1.29, 1.82) is 0 Å². The van der Waals surface area contributed by atoms with E-state index in [0.29, 0.717) is 6.04 Å². The lowest BCUT2D eigenvalue weighted by Gasteiger charge is -2.38. The first kappa shape index (κ1) is 18.4. The molecule has 25 heavy (non-hydrogen) atoms. The number of hydrogen-bond donors (Lipinski definition) is 1. The molecule has 0 radical (unpaired) electrons. The molecule has 4 heteroatoms. The average molecular weight is 344 g/mol. The van der Waals surface area contributed by atoms with Crippen molar-refractivity contribution < 1.29 is 4.79 Å². The molecule has 1 N–H and O–H groups in total. The van der Waals surface area contributed by atoms with Gasteiger partial charge in [-0.05, 0) is 31.7 Å². The van der Waals surface area contributed by atoms with Crippen molar-refractivity contribution in [3.8, 4) is 0 Å². The molecule has 1 aliphatic heterocycles. The van der Waals surface area contributed by atoms with Crippen LogP contribution in [0.1, 0.15) is 44.6 Å². The standard InChI is InChI=1S/C21H33N3O/c1-18(21(25)22-20-10-6-3-7-11-20)24-16-14-23(15-17-24)13-12-19-8-4-2-5-9-19/h2,4-5,8-9,18,20H,3,6-7,10-17H2,1H3,(H,22,25)/t18-/m1/s1. The first-order valence-electron chi connectivity index (χ1n) is 10.0. The highest BCUT2D eigenvalue weighted by molar-refractivity contribution is 5.81. The minimum Gasteiger partial charge on any atom is -0.352 e. The van der Waals surface area contributed by atoms with Crippen molar-refractivity contribution in [2.75, 3.05) is 32.7 Å². The first-order valence-corrected chi connectivity index (χ1v) is 10.0. The number of carbonyl (C=O) groups is 1. The highest BCUT2D eigenvalue weighted by atomic mass is 16.2. The summed E-state index contributed by atoms with van der Waals surface area (Å²) in [7, 11) is 0. The molecule has 3 rings (SSSR count). The number of nitrogens with zero attached hydrogens (tertiary/aromatic N) is 2. The van der Waals surface area contributed by atoms with E-state index in [-0.39, 0.29) is 11.9 Å². The van der Waals surface area contributed by atoms with Crippen molar-refractivity contribution in [2.45, 2.75) is 57.5 Å². The summed E-state index contributed by atoms with van der Waals surface area (Å²) in [6.45, 7) is 7.29. The Balaban J connectivity index is 1.38. The molecule has 1 aromatic carbocycles. The minimum atomic E-state index is -0.00167. The van der Waals surface area contributed by atoms with Crippen LogP contribution in [0.15, 0.2) is 30.3 Å². The lowest BCUT2D eigenvalue weighted by Crippen LogP contribution is -2.55. The number of carbonyl (C=O) groups excluding carboxylic acids is 1. The van der Waals surface area contributed by atoms with Gasteiger partial charge >= 0.3 is 0 Å². The van der Waals surface area contributed by atoms with Gasteiger partial charge in [0.05, 0.1) is 6.04 Å². The Morgan fingerprint density at radius 2 is 1.76 bits per heavy atom. The maximum absolute atomic E-state index is 12.5. The van der Waals surface area contributed by atoms with Gasteiger partial charge in [-0.2, -0.15) is 0 Å². The van der Waals surface area contributed by atoms with Crippen LogP contribution >= 0.6 is 0 Å². The number of hydrogen-bond acceptors (Lipinski definition) is 3. The third-order valence-corrected chi connectivity index (χ3v) is 5.85. The molecule has 1 saturated carbocycles. The van der Waals surface area contributed by atoms with Gasteiger partial charge in [0, 0.05) is 38.8 Å². The molecule has 1 atom stereocenters. The van der Waals surface area contributed by atoms with Gasteiger partial charge in [-0.1, -0.05) is 49.6 Å². The zero-order valence-corrected chi connectivity index (χ0v) is 15.6. The molecular weight excluding hydrogens is 310 g/mol. The molecule has 4 nitrogen and oxygen atoms in total. The summed E-state index contributed by atoms with van der Waals surface area (Å²) in [6, 6.07) is 11.1. The Bertz CT molecular complexity index is 519. The Kier molecular flexibility index (Phi) is 6.88. The Labute approximate surface area is 152 Å². The molecule has 2 aliphatic rings. The summed E-state index contributed by atoms with van der Waals surface area (Å²) in [5.74, 6) is 0.227. The molecule has 1 aromatic rings. The van der Waals surface area contributed by atoms with Gasteiger partial charge in [0.15, 0.2) is 0 Å². The number of rotatable bonds is 6. The SMILES string of the molecule is C[C@H](C(=O)NC1CCCCC1)N1CCN(CCc2ccccc2)CC1. The van der Waals surface area contributed by atoms with E-state index in [2.05, 4.69) is 52.4 Å². The topological polar surface area (TPSA) is 35.6 Å². The van der Waals surface area contributed by atoms with Crippen molar-refractivity contribution in [3.05, 3.63) is 35.9 Å². The second-order valence-corrected chi connectivity index (χ2v) is 7.63. The average Bonchev–Trinajstić information content (AvgIpc) is 2.68. The van der Waals surface area contributed by atoms with Crippen molar-refractivity contribution in [2.24, 2.45) is 0 Å². The second kappa shape index (κ2) is 9.35. The largest absolute Gasteiger partial charge is 0.352 e. The summed E-state index contributed by atoms with van der Waals surface area (Å²) in [4.78, 5) is 17.4. The van der Waals surface area contributed by atoms with Crippen LogP contribution in [0, 0.1) is 0 Å². The van der Waals surface area contributed by atoms with Crippen LogP contribution in [0.25, 0.3) is 0 Å². The molecule has 1 saturated heterocycles. The van der Waals surface area contributed by atoms with Crippen LogP contribution in [0.4, 0.5) is 0 Å². The molecular formula is C21H33N3O. The second-order valence-electron chi connectivity index (χ2n) is 7.63. The van der Waals surface area contributed by atoms with Crippen LogP contribution in [0.2, 0.25) is 0 Å². The molecule has 2 fully saturated rings. The lowest BCUT2D eigenvalue weighted by atomic mass is 9.95. The number of nitrogens with one attached hydrogen (secondary N) is 1. The van der Waals surface area contributed by atoms with Gasteiger partial charge in [0.25, 0.3) is 0 Å². The van der Waals surface area contributed by atoms with E-state index in [9.17, 15) is 4.79 Å². The van der Waals surface area contributed by atoms with E-state index in [1.54, 1.807) is 0 Å². The fourth-order valence-electron chi connectivity index (χ4n) is 4.04. The van der Waals surface area contributed by atoms with E-state index in [4.69, 9.17) is 0 Å². The monoisotopic (exact) mass is 343 g/mol. The van der Waals surface area contributed by atoms with E-state index in [0.717, 1.165) is 52.0 Å². The summed E-state index contributed by atoms with van der Waals surface area (Å²) in [5, 5.41) is 3.28. The molecule has 1 aliphatic carbocycles. The summed E-state index contributed by atoms with van der Waals surface area (Å²) in [6.07, 6.45) is 7.28. The smallest absolute Gasteiger partial charge is 0.237 e. The number of piperazine rings is 1. The van der Waals surface area contributed by atoms with Crippen LogP contribution < -0.4 is 5.32 Å². The zero-order valence-electron chi connectivity index (χ0n) is 15.6. The highest BCUT2D eigenvalue weighted by Crippen LogP contribution is 2.18. The lowest BCUT2D eigenvalue weighted by molar-refractivity contribution is -0.127. The van der Waals surface area contributed by atoms with Crippen molar-refractivity contribution in [1.82, 2.24) is 15.1 Å². The molecule has 0 spiro atoms. The van der Waals surface area contributed by atoms with Crippen molar-refractivity contribution >= 4 is 5.91 Å². The van der Waals surface area contributed by atoms with E-state index >= 15 is 0 Å². The molecule has 1 amide bonds. The minimum absolute atomic E-state index is 0.00167. The van der Waals surface area contributed by atoms with Gasteiger partial charge in [0.2, 0.25) is 5.91 Å². The third-order valence-electron chi connectivity index (χ3n) is 5.85. The Morgan fingerprint density at radius 3 is 2.44 bits per heavy atom. The predicted molar refractivity (Wildman–Crippen MR) is 103 cm³/mol. The van der Waals surface area contributed by atoms with Crippen LogP contribution in [0.3, 0.4) is 0 Å². The maximum atomic E-state index is 12.5. The van der Waals surface area contributed by atoms with Gasteiger partial charge < -0.3 is 10.2 Å². The molecule has 0 unspecified atom stereocenters. The Hall–Kier alpha value is -1.39. The maximum Gasteiger partial charge on any atom is 0.237 e. The summed E-state index contributed by atoms with van der Waals surface area (Å²) in [5.41, 5.74) is 1.41. The zero-order chi connectivity index (χ0) is 17.5. The van der Waals surface area contributed by atoms with Gasteiger partial charge in [-0.15, -0.1) is 0 Å². The number of benzene rings is 1. The normalized spacial score (nSPS) is 21.8. The highest BCUT2D eigenvalue weighted by Gasteiger charge is 2.27. The van der Waals surface area contributed by atoms with Gasteiger partial charge in [0.1, 0.15) is 0 Å². The van der Waals surface area contributed by atoms with Crippen LogP contribution in [-0.4, -0.2) is 60.5 Å². The van der Waals surface area contributed by atoms with Gasteiger partial charge in [-0.3, -0.25) is 9.69 Å². The van der Waals surface area contributed by atoms with Gasteiger partial charge in [-0.25, -0.2) is 0 Å². The summed E-state index contributed by atoms with van der Waals surface area (Å²) >= 11 is 0. The molecule has 0 bridgehead atoms. The molecule has 1 heterocycles. The van der Waals surface area contributed by atoms with Crippen molar-refractivity contribution in [3.63, 3.8) is 0 Å².